The van der Waals surface area contributed by atoms with Gasteiger partial charge in [0.2, 0.25) is 5.91 Å². The zero-order valence-electron chi connectivity index (χ0n) is 17.7. The van der Waals surface area contributed by atoms with E-state index in [0.717, 1.165) is 5.69 Å². The molecule has 4 rings (SSSR count). The van der Waals surface area contributed by atoms with Gasteiger partial charge in [-0.15, -0.1) is 0 Å². The summed E-state index contributed by atoms with van der Waals surface area (Å²) in [6.07, 6.45) is 0. The monoisotopic (exact) mass is 463 g/mol. The van der Waals surface area contributed by atoms with Crippen LogP contribution in [0.5, 0.6) is 0 Å². The Morgan fingerprint density at radius 2 is 1.72 bits per heavy atom. The maximum atomic E-state index is 13.2. The van der Waals surface area contributed by atoms with Gasteiger partial charge in [-0.3, -0.25) is 14.2 Å². The summed E-state index contributed by atoms with van der Waals surface area (Å²) in [6, 6.07) is 22.0. The Kier molecular flexibility index (Phi) is 6.63. The standard InChI is InChI=1S/C25H22ClN3O2S/c1-16(2)17-7-11-19(12-8-17)27-23(30)15-32-25-28-22-6-4-3-5-21(22)24(31)29(25)20-13-9-18(26)10-14-20/h3-14,16H,15H2,1-2H3,(H,27,30). The van der Waals surface area contributed by atoms with Crippen LogP contribution < -0.4 is 10.9 Å². The predicted octanol–water partition coefficient (Wildman–Crippen LogP) is 5.89. The number of fused-ring (bicyclic) bond motifs is 1. The fraction of sp³-hybridized carbons (Fsp3) is 0.160. The van der Waals surface area contributed by atoms with Gasteiger partial charge >= 0.3 is 0 Å². The molecule has 0 bridgehead atoms. The number of benzene rings is 3. The smallest absolute Gasteiger partial charge is 0.266 e. The molecule has 0 spiro atoms. The van der Waals surface area contributed by atoms with Crippen molar-refractivity contribution in [2.24, 2.45) is 0 Å². The molecular formula is C25H22ClN3O2S. The summed E-state index contributed by atoms with van der Waals surface area (Å²) in [6.45, 7) is 4.25. The summed E-state index contributed by atoms with van der Waals surface area (Å²) in [5, 5.41) is 4.44. The van der Waals surface area contributed by atoms with Gasteiger partial charge in [0.15, 0.2) is 5.16 Å². The van der Waals surface area contributed by atoms with Crippen LogP contribution >= 0.6 is 23.4 Å². The highest BCUT2D eigenvalue weighted by Crippen LogP contribution is 2.23. The molecule has 7 heteroatoms. The Morgan fingerprint density at radius 1 is 1.03 bits per heavy atom. The minimum Gasteiger partial charge on any atom is -0.325 e. The second kappa shape index (κ2) is 9.59. The molecule has 1 aromatic heterocycles. The predicted molar refractivity (Wildman–Crippen MR) is 132 cm³/mol. The van der Waals surface area contributed by atoms with E-state index in [1.165, 1.54) is 21.9 Å². The summed E-state index contributed by atoms with van der Waals surface area (Å²) >= 11 is 7.24. The molecule has 32 heavy (non-hydrogen) atoms. The maximum absolute atomic E-state index is 13.2. The normalized spacial score (nSPS) is 11.1. The van der Waals surface area contributed by atoms with E-state index in [-0.39, 0.29) is 17.2 Å². The number of carbonyl (C=O) groups is 1. The van der Waals surface area contributed by atoms with Gasteiger partial charge in [-0.1, -0.05) is 61.5 Å². The van der Waals surface area contributed by atoms with E-state index in [2.05, 4.69) is 24.1 Å². The fourth-order valence-corrected chi connectivity index (χ4v) is 4.24. The number of amides is 1. The molecule has 1 amide bonds. The topological polar surface area (TPSA) is 64.0 Å². The summed E-state index contributed by atoms with van der Waals surface area (Å²) in [5.41, 5.74) is 3.00. The molecule has 1 N–H and O–H groups in total. The lowest BCUT2D eigenvalue weighted by Crippen LogP contribution is -2.23. The van der Waals surface area contributed by atoms with Crippen molar-refractivity contribution in [2.45, 2.75) is 24.9 Å². The van der Waals surface area contributed by atoms with Crippen molar-refractivity contribution in [3.8, 4) is 5.69 Å². The van der Waals surface area contributed by atoms with Gasteiger partial charge in [0.05, 0.1) is 22.3 Å². The first-order valence-electron chi connectivity index (χ1n) is 10.2. The van der Waals surface area contributed by atoms with Crippen molar-refractivity contribution in [2.75, 3.05) is 11.1 Å². The molecule has 0 unspecified atom stereocenters. The molecule has 0 radical (unpaired) electrons. The Hall–Kier alpha value is -3.09. The molecule has 0 aliphatic heterocycles. The number of aromatic nitrogens is 2. The van der Waals surface area contributed by atoms with Crippen LogP contribution in [0.1, 0.15) is 25.3 Å². The van der Waals surface area contributed by atoms with Gasteiger partial charge in [0.25, 0.3) is 5.56 Å². The third kappa shape index (κ3) is 4.87. The highest BCUT2D eigenvalue weighted by Gasteiger charge is 2.15. The lowest BCUT2D eigenvalue weighted by atomic mass is 10.0. The number of nitrogens with one attached hydrogen (secondary N) is 1. The molecular weight excluding hydrogens is 442 g/mol. The Morgan fingerprint density at radius 3 is 2.41 bits per heavy atom. The molecule has 162 valence electrons. The number of anilines is 1. The second-order valence-electron chi connectivity index (χ2n) is 7.64. The van der Waals surface area contributed by atoms with Crippen LogP contribution in [-0.2, 0) is 4.79 Å². The van der Waals surface area contributed by atoms with Gasteiger partial charge in [0, 0.05) is 10.7 Å². The number of hydrogen-bond donors (Lipinski definition) is 1. The zero-order valence-corrected chi connectivity index (χ0v) is 19.3. The van der Waals surface area contributed by atoms with E-state index in [1.54, 1.807) is 36.4 Å². The second-order valence-corrected chi connectivity index (χ2v) is 9.02. The molecule has 4 aromatic rings. The largest absolute Gasteiger partial charge is 0.325 e. The Balaban J connectivity index is 1.60. The molecule has 3 aromatic carbocycles. The van der Waals surface area contributed by atoms with E-state index in [9.17, 15) is 9.59 Å². The number of rotatable bonds is 6. The molecule has 0 saturated carbocycles. The van der Waals surface area contributed by atoms with Crippen molar-refractivity contribution in [3.05, 3.63) is 93.7 Å². The summed E-state index contributed by atoms with van der Waals surface area (Å²) in [5.74, 6) is 0.376. The van der Waals surface area contributed by atoms with Gasteiger partial charge in [0.1, 0.15) is 0 Å². The van der Waals surface area contributed by atoms with Crippen molar-refractivity contribution in [1.29, 1.82) is 0 Å². The Labute approximate surface area is 195 Å². The van der Waals surface area contributed by atoms with Crippen LogP contribution in [0.4, 0.5) is 5.69 Å². The first kappa shape index (κ1) is 22.1. The van der Waals surface area contributed by atoms with Crippen LogP contribution in [0, 0.1) is 0 Å². The summed E-state index contributed by atoms with van der Waals surface area (Å²) < 4.78 is 1.52. The number of carbonyl (C=O) groups excluding carboxylic acids is 1. The third-order valence-corrected chi connectivity index (χ3v) is 6.21. The van der Waals surface area contributed by atoms with E-state index in [0.29, 0.717) is 32.7 Å². The van der Waals surface area contributed by atoms with Crippen LogP contribution in [0.15, 0.2) is 82.7 Å². The van der Waals surface area contributed by atoms with E-state index < -0.39 is 0 Å². The van der Waals surface area contributed by atoms with Crippen molar-refractivity contribution >= 4 is 45.9 Å². The van der Waals surface area contributed by atoms with E-state index in [1.807, 2.05) is 36.4 Å². The molecule has 0 atom stereocenters. The Bertz CT molecular complexity index is 1320. The number of hydrogen-bond acceptors (Lipinski definition) is 4. The average Bonchev–Trinajstić information content (AvgIpc) is 2.79. The summed E-state index contributed by atoms with van der Waals surface area (Å²) in [4.78, 5) is 30.5. The highest BCUT2D eigenvalue weighted by atomic mass is 35.5. The number of para-hydroxylation sites is 1. The number of thioether (sulfide) groups is 1. The SMILES string of the molecule is CC(C)c1ccc(NC(=O)CSc2nc3ccccc3c(=O)n2-c2ccc(Cl)cc2)cc1. The zero-order chi connectivity index (χ0) is 22.7. The van der Waals surface area contributed by atoms with Crippen LogP contribution in [0.3, 0.4) is 0 Å². The van der Waals surface area contributed by atoms with Crippen LogP contribution in [0.25, 0.3) is 16.6 Å². The maximum Gasteiger partial charge on any atom is 0.266 e. The van der Waals surface area contributed by atoms with Gasteiger partial charge in [-0.25, -0.2) is 4.98 Å². The lowest BCUT2D eigenvalue weighted by Gasteiger charge is -2.13. The molecule has 5 nitrogen and oxygen atoms in total. The van der Waals surface area contributed by atoms with Crippen molar-refractivity contribution in [1.82, 2.24) is 9.55 Å². The van der Waals surface area contributed by atoms with Gasteiger partial charge in [-0.2, -0.15) is 0 Å². The van der Waals surface area contributed by atoms with Crippen molar-refractivity contribution in [3.63, 3.8) is 0 Å². The highest BCUT2D eigenvalue weighted by molar-refractivity contribution is 7.99. The van der Waals surface area contributed by atoms with E-state index in [4.69, 9.17) is 11.6 Å². The summed E-state index contributed by atoms with van der Waals surface area (Å²) in [7, 11) is 0. The quantitative estimate of drug-likeness (QED) is 0.286. The van der Waals surface area contributed by atoms with Gasteiger partial charge in [-0.05, 0) is 60.0 Å². The minimum atomic E-state index is -0.190. The molecule has 0 aliphatic carbocycles. The van der Waals surface area contributed by atoms with Crippen molar-refractivity contribution < 1.29 is 4.79 Å². The molecule has 0 aliphatic rings. The third-order valence-electron chi connectivity index (χ3n) is 5.02. The van der Waals surface area contributed by atoms with Crippen LogP contribution in [0.2, 0.25) is 5.02 Å². The number of nitrogens with zero attached hydrogens (tertiary/aromatic N) is 2. The first-order valence-corrected chi connectivity index (χ1v) is 11.6. The molecule has 0 saturated heterocycles. The van der Waals surface area contributed by atoms with Gasteiger partial charge < -0.3 is 5.32 Å². The fourth-order valence-electron chi connectivity index (χ4n) is 3.31. The average molecular weight is 464 g/mol. The molecule has 1 heterocycles. The van der Waals surface area contributed by atoms with Crippen LogP contribution in [-0.4, -0.2) is 21.2 Å². The van der Waals surface area contributed by atoms with E-state index >= 15 is 0 Å². The minimum absolute atomic E-state index is 0.115. The lowest BCUT2D eigenvalue weighted by molar-refractivity contribution is -0.113. The first-order chi connectivity index (χ1) is 15.4. The molecule has 0 fully saturated rings. The number of halogens is 1.